The predicted octanol–water partition coefficient (Wildman–Crippen LogP) is 3.26. The van der Waals surface area contributed by atoms with Crippen molar-refractivity contribution in [1.82, 2.24) is 5.32 Å². The fourth-order valence-electron chi connectivity index (χ4n) is 2.05. The van der Waals surface area contributed by atoms with Crippen molar-refractivity contribution in [3.05, 3.63) is 53.1 Å². The molecule has 24 heavy (non-hydrogen) atoms. The summed E-state index contributed by atoms with van der Waals surface area (Å²) in [5, 5.41) is 6.50. The van der Waals surface area contributed by atoms with E-state index in [1.54, 1.807) is 13.2 Å². The van der Waals surface area contributed by atoms with Crippen molar-refractivity contribution in [1.29, 1.82) is 0 Å². The molecule has 0 spiro atoms. The fraction of sp³-hybridized carbons (Fsp3) is 0.278. The van der Waals surface area contributed by atoms with Crippen LogP contribution in [0.4, 0.5) is 5.69 Å². The summed E-state index contributed by atoms with van der Waals surface area (Å²) in [5.41, 5.74) is 1.89. The number of aryl methyl sites for hydroxylation is 1. The van der Waals surface area contributed by atoms with Crippen LogP contribution >= 0.6 is 11.6 Å². The van der Waals surface area contributed by atoms with Gasteiger partial charge >= 0.3 is 0 Å². The van der Waals surface area contributed by atoms with Gasteiger partial charge in [-0.3, -0.25) is 4.79 Å². The fourth-order valence-corrected chi connectivity index (χ4v) is 2.23. The Bertz CT molecular complexity index is 674. The van der Waals surface area contributed by atoms with Crippen LogP contribution in [0.3, 0.4) is 0 Å². The maximum Gasteiger partial charge on any atom is 0.239 e. The Morgan fingerprint density at radius 3 is 2.54 bits per heavy atom. The monoisotopic (exact) mass is 348 g/mol. The molecule has 5 nitrogen and oxygen atoms in total. The SMILES string of the molecule is COc1ccc(OCCNC(=O)CNc2cc(Cl)ccc2C)cc1. The molecule has 0 heterocycles. The first-order chi connectivity index (χ1) is 11.6. The van der Waals surface area contributed by atoms with E-state index in [-0.39, 0.29) is 12.5 Å². The molecule has 0 aliphatic heterocycles. The predicted molar refractivity (Wildman–Crippen MR) is 96.2 cm³/mol. The second-order valence-corrected chi connectivity index (χ2v) is 5.62. The van der Waals surface area contributed by atoms with E-state index in [1.807, 2.05) is 43.3 Å². The lowest BCUT2D eigenvalue weighted by Crippen LogP contribution is -2.33. The Morgan fingerprint density at radius 1 is 1.12 bits per heavy atom. The van der Waals surface area contributed by atoms with Crippen LogP contribution in [0.15, 0.2) is 42.5 Å². The first kappa shape index (κ1) is 17.9. The maximum absolute atomic E-state index is 11.8. The van der Waals surface area contributed by atoms with Gasteiger partial charge in [-0.2, -0.15) is 0 Å². The minimum atomic E-state index is -0.104. The van der Waals surface area contributed by atoms with Gasteiger partial charge in [0, 0.05) is 10.7 Å². The highest BCUT2D eigenvalue weighted by Gasteiger charge is 2.04. The van der Waals surface area contributed by atoms with Crippen molar-refractivity contribution in [3.63, 3.8) is 0 Å². The number of carbonyl (C=O) groups is 1. The number of nitrogens with one attached hydrogen (secondary N) is 2. The highest BCUT2D eigenvalue weighted by molar-refractivity contribution is 6.30. The average Bonchev–Trinajstić information content (AvgIpc) is 2.60. The quantitative estimate of drug-likeness (QED) is 0.719. The van der Waals surface area contributed by atoms with E-state index >= 15 is 0 Å². The number of ether oxygens (including phenoxy) is 2. The molecule has 0 fully saturated rings. The molecule has 128 valence electrons. The summed E-state index contributed by atoms with van der Waals surface area (Å²) in [5.74, 6) is 1.41. The summed E-state index contributed by atoms with van der Waals surface area (Å²) in [4.78, 5) is 11.8. The Morgan fingerprint density at radius 2 is 1.83 bits per heavy atom. The molecule has 0 radical (unpaired) electrons. The number of methoxy groups -OCH3 is 1. The maximum atomic E-state index is 11.8. The number of amides is 1. The second kappa shape index (κ2) is 9.03. The Balaban J connectivity index is 1.66. The van der Waals surface area contributed by atoms with Gasteiger partial charge in [0.25, 0.3) is 0 Å². The number of benzene rings is 2. The van der Waals surface area contributed by atoms with Crippen LogP contribution in [0, 0.1) is 6.92 Å². The molecule has 6 heteroatoms. The van der Waals surface area contributed by atoms with Crippen molar-refractivity contribution in [2.75, 3.05) is 32.1 Å². The number of carbonyl (C=O) groups excluding carboxylic acids is 1. The standard InChI is InChI=1S/C18H21ClN2O3/c1-13-3-4-14(19)11-17(13)21-12-18(22)20-9-10-24-16-7-5-15(23-2)6-8-16/h3-8,11,21H,9-10,12H2,1-2H3,(H,20,22). The van der Waals surface area contributed by atoms with E-state index in [4.69, 9.17) is 21.1 Å². The first-order valence-electron chi connectivity index (χ1n) is 7.62. The summed E-state index contributed by atoms with van der Waals surface area (Å²) in [7, 11) is 1.62. The van der Waals surface area contributed by atoms with Crippen LogP contribution in [-0.2, 0) is 4.79 Å². The van der Waals surface area contributed by atoms with Crippen LogP contribution in [0.25, 0.3) is 0 Å². The number of hydrogen-bond donors (Lipinski definition) is 2. The van der Waals surface area contributed by atoms with E-state index in [2.05, 4.69) is 10.6 Å². The second-order valence-electron chi connectivity index (χ2n) is 5.19. The summed E-state index contributed by atoms with van der Waals surface area (Å²) in [6.07, 6.45) is 0. The van der Waals surface area contributed by atoms with Gasteiger partial charge < -0.3 is 20.1 Å². The highest BCUT2D eigenvalue weighted by atomic mass is 35.5. The molecular weight excluding hydrogens is 328 g/mol. The average molecular weight is 349 g/mol. The van der Waals surface area contributed by atoms with E-state index in [9.17, 15) is 4.79 Å². The minimum Gasteiger partial charge on any atom is -0.497 e. The van der Waals surface area contributed by atoms with Gasteiger partial charge in [0.05, 0.1) is 20.2 Å². The number of anilines is 1. The third-order valence-electron chi connectivity index (χ3n) is 3.39. The zero-order chi connectivity index (χ0) is 17.4. The summed E-state index contributed by atoms with van der Waals surface area (Å²) in [6, 6.07) is 12.8. The number of hydrogen-bond acceptors (Lipinski definition) is 4. The molecule has 2 N–H and O–H groups in total. The molecule has 0 aromatic heterocycles. The van der Waals surface area contributed by atoms with Crippen LogP contribution in [-0.4, -0.2) is 32.7 Å². The number of rotatable bonds is 8. The molecule has 0 atom stereocenters. The Hall–Kier alpha value is -2.40. The molecule has 0 saturated carbocycles. The van der Waals surface area contributed by atoms with Crippen molar-refractivity contribution < 1.29 is 14.3 Å². The van der Waals surface area contributed by atoms with Gasteiger partial charge in [-0.1, -0.05) is 17.7 Å². The van der Waals surface area contributed by atoms with Gasteiger partial charge in [-0.05, 0) is 48.9 Å². The topological polar surface area (TPSA) is 59.6 Å². The smallest absolute Gasteiger partial charge is 0.239 e. The molecule has 2 aromatic carbocycles. The van der Waals surface area contributed by atoms with Crippen molar-refractivity contribution in [3.8, 4) is 11.5 Å². The molecular formula is C18H21ClN2O3. The van der Waals surface area contributed by atoms with Gasteiger partial charge in [-0.25, -0.2) is 0 Å². The van der Waals surface area contributed by atoms with E-state index in [1.165, 1.54) is 0 Å². The van der Waals surface area contributed by atoms with E-state index in [0.29, 0.717) is 18.2 Å². The molecule has 0 unspecified atom stereocenters. The largest absolute Gasteiger partial charge is 0.497 e. The summed E-state index contributed by atoms with van der Waals surface area (Å²) in [6.45, 7) is 2.97. The molecule has 1 amide bonds. The lowest BCUT2D eigenvalue weighted by atomic mass is 10.2. The summed E-state index contributed by atoms with van der Waals surface area (Å²) >= 11 is 5.95. The zero-order valence-electron chi connectivity index (χ0n) is 13.8. The summed E-state index contributed by atoms with van der Waals surface area (Å²) < 4.78 is 10.6. The van der Waals surface area contributed by atoms with Gasteiger partial charge in [0.1, 0.15) is 18.1 Å². The lowest BCUT2D eigenvalue weighted by molar-refractivity contribution is -0.119. The Kier molecular flexibility index (Phi) is 6.75. The molecule has 0 aliphatic carbocycles. The van der Waals surface area contributed by atoms with Gasteiger partial charge in [0.15, 0.2) is 0 Å². The third-order valence-corrected chi connectivity index (χ3v) is 3.63. The molecule has 2 aromatic rings. The third kappa shape index (κ3) is 5.66. The van der Waals surface area contributed by atoms with Crippen molar-refractivity contribution in [2.24, 2.45) is 0 Å². The number of halogens is 1. The van der Waals surface area contributed by atoms with Crippen LogP contribution in [0.2, 0.25) is 5.02 Å². The first-order valence-corrected chi connectivity index (χ1v) is 8.00. The van der Waals surface area contributed by atoms with E-state index < -0.39 is 0 Å². The van der Waals surface area contributed by atoms with Crippen molar-refractivity contribution >= 4 is 23.2 Å². The van der Waals surface area contributed by atoms with Crippen LogP contribution in [0.1, 0.15) is 5.56 Å². The van der Waals surface area contributed by atoms with Gasteiger partial charge in [0.2, 0.25) is 5.91 Å². The van der Waals surface area contributed by atoms with Crippen LogP contribution < -0.4 is 20.1 Å². The normalized spacial score (nSPS) is 10.1. The van der Waals surface area contributed by atoms with Crippen LogP contribution in [0.5, 0.6) is 11.5 Å². The highest BCUT2D eigenvalue weighted by Crippen LogP contribution is 2.19. The molecule has 2 rings (SSSR count). The van der Waals surface area contributed by atoms with Gasteiger partial charge in [-0.15, -0.1) is 0 Å². The van der Waals surface area contributed by atoms with Crippen molar-refractivity contribution in [2.45, 2.75) is 6.92 Å². The molecule has 0 bridgehead atoms. The lowest BCUT2D eigenvalue weighted by Gasteiger charge is -2.11. The molecule has 0 aliphatic rings. The Labute approximate surface area is 146 Å². The molecule has 0 saturated heterocycles. The minimum absolute atomic E-state index is 0.104. The van der Waals surface area contributed by atoms with E-state index in [0.717, 1.165) is 22.7 Å². The zero-order valence-corrected chi connectivity index (χ0v) is 14.5.